The largest absolute Gasteiger partial charge is 0.435 e. The van der Waals surface area contributed by atoms with E-state index in [-0.39, 0.29) is 29.2 Å². The first-order chi connectivity index (χ1) is 15.3. The highest BCUT2D eigenvalue weighted by Gasteiger charge is 2.23. The lowest BCUT2D eigenvalue weighted by Crippen LogP contribution is -2.46. The summed E-state index contributed by atoms with van der Waals surface area (Å²) < 4.78 is 58.6. The minimum Gasteiger partial charge on any atom is -0.435 e. The number of benzene rings is 1. The van der Waals surface area contributed by atoms with Gasteiger partial charge in [-0.05, 0) is 42.5 Å². The van der Waals surface area contributed by atoms with E-state index in [2.05, 4.69) is 14.8 Å². The van der Waals surface area contributed by atoms with Crippen molar-refractivity contribution in [2.75, 3.05) is 13.1 Å². The van der Waals surface area contributed by atoms with Crippen molar-refractivity contribution in [3.8, 4) is 11.5 Å². The molecule has 11 heteroatoms. The Bertz CT molecular complexity index is 945. The van der Waals surface area contributed by atoms with Crippen LogP contribution in [0.15, 0.2) is 41.1 Å². The van der Waals surface area contributed by atoms with E-state index in [0.717, 1.165) is 12.1 Å². The second kappa shape index (κ2) is 11.0. The first kappa shape index (κ1) is 23.6. The number of nitrogens with one attached hydrogen (secondary N) is 1. The van der Waals surface area contributed by atoms with E-state index in [4.69, 9.17) is 0 Å². The minimum atomic E-state index is -3.18. The summed E-state index contributed by atoms with van der Waals surface area (Å²) >= 11 is 1.43. The van der Waals surface area contributed by atoms with Crippen LogP contribution in [-0.2, 0) is 4.79 Å². The molecule has 3 rings (SSSR count). The molecule has 0 radical (unpaired) electrons. The molecule has 1 saturated heterocycles. The number of likely N-dealkylation sites (tertiary alicyclic amines) is 1. The van der Waals surface area contributed by atoms with Crippen LogP contribution in [-0.4, -0.2) is 49.1 Å². The molecule has 172 valence electrons. The maximum absolute atomic E-state index is 12.7. The number of alkyl halides is 4. The second-order valence-electron chi connectivity index (χ2n) is 6.88. The van der Waals surface area contributed by atoms with Crippen LogP contribution in [0.2, 0.25) is 0 Å². The summed E-state index contributed by atoms with van der Waals surface area (Å²) in [6.45, 7) is -5.46. The Morgan fingerprint density at radius 1 is 1.09 bits per heavy atom. The number of carbonyl (C=O) groups is 2. The molecule has 1 aliphatic rings. The van der Waals surface area contributed by atoms with Crippen LogP contribution in [0.5, 0.6) is 11.5 Å². The topological polar surface area (TPSA) is 67.9 Å². The van der Waals surface area contributed by atoms with Crippen LogP contribution in [0.3, 0.4) is 0 Å². The molecule has 0 atom stereocenters. The number of halogens is 4. The van der Waals surface area contributed by atoms with Gasteiger partial charge in [0.15, 0.2) is 0 Å². The van der Waals surface area contributed by atoms with Crippen molar-refractivity contribution >= 4 is 29.2 Å². The van der Waals surface area contributed by atoms with Gasteiger partial charge in [-0.1, -0.05) is 0 Å². The van der Waals surface area contributed by atoms with Crippen molar-refractivity contribution in [1.29, 1.82) is 0 Å². The van der Waals surface area contributed by atoms with Crippen LogP contribution in [0.25, 0.3) is 6.08 Å². The number of ether oxygens (including phenoxy) is 2. The molecule has 2 amide bonds. The third kappa shape index (κ3) is 6.71. The molecule has 0 aliphatic carbocycles. The highest BCUT2D eigenvalue weighted by atomic mass is 32.1. The van der Waals surface area contributed by atoms with Crippen LogP contribution >= 0.6 is 11.3 Å². The highest BCUT2D eigenvalue weighted by molar-refractivity contribution is 7.08. The predicted molar refractivity (Wildman–Crippen MR) is 110 cm³/mol. The maximum atomic E-state index is 12.7. The Morgan fingerprint density at radius 2 is 1.81 bits per heavy atom. The number of piperidine rings is 1. The van der Waals surface area contributed by atoms with Crippen molar-refractivity contribution < 1.29 is 36.6 Å². The Hall–Kier alpha value is -3.08. The average molecular weight is 472 g/mol. The van der Waals surface area contributed by atoms with Gasteiger partial charge in [0, 0.05) is 47.8 Å². The Balaban J connectivity index is 1.57. The van der Waals surface area contributed by atoms with Gasteiger partial charge in [-0.25, -0.2) is 0 Å². The number of thiophene rings is 1. The smallest absolute Gasteiger partial charge is 0.387 e. The molecule has 32 heavy (non-hydrogen) atoms. The highest BCUT2D eigenvalue weighted by Crippen LogP contribution is 2.28. The van der Waals surface area contributed by atoms with E-state index in [9.17, 15) is 27.2 Å². The number of amides is 2. The Kier molecular flexibility index (Phi) is 8.09. The molecule has 0 bridgehead atoms. The summed E-state index contributed by atoms with van der Waals surface area (Å²) in [6, 6.07) is 5.00. The molecule has 1 aromatic carbocycles. The quantitative estimate of drug-likeness (QED) is 0.457. The van der Waals surface area contributed by atoms with Crippen molar-refractivity contribution in [2.45, 2.75) is 32.1 Å². The molecule has 2 heterocycles. The second-order valence-corrected chi connectivity index (χ2v) is 7.66. The lowest BCUT2D eigenvalue weighted by Gasteiger charge is -2.31. The predicted octanol–water partition coefficient (Wildman–Crippen LogP) is 4.39. The lowest BCUT2D eigenvalue weighted by atomic mass is 10.0. The fraction of sp³-hybridized carbons (Fsp3) is 0.333. The van der Waals surface area contributed by atoms with Crippen molar-refractivity contribution in [3.05, 3.63) is 52.2 Å². The van der Waals surface area contributed by atoms with Gasteiger partial charge < -0.3 is 19.7 Å². The standard InChI is InChI=1S/C21H20F4N2O4S/c22-20(23)30-16-3-1-13(17(11-16)31-21(24)25)2-4-18(28)27-8-5-15(6-9-27)26-19(29)14-7-10-32-12-14/h1-4,7,10-12,15,20-21H,5-6,8-9H2,(H,26,29). The molecule has 1 fully saturated rings. The molecule has 1 aliphatic heterocycles. The lowest BCUT2D eigenvalue weighted by molar-refractivity contribution is -0.127. The summed E-state index contributed by atoms with van der Waals surface area (Å²) in [5.41, 5.74) is 0.710. The van der Waals surface area contributed by atoms with Gasteiger partial charge in [0.25, 0.3) is 5.91 Å². The SMILES string of the molecule is O=C(NC1CCN(C(=O)C=Cc2ccc(OC(F)F)cc2OC(F)F)CC1)c1ccsc1. The Morgan fingerprint density at radius 3 is 2.44 bits per heavy atom. The molecule has 6 nitrogen and oxygen atoms in total. The van der Waals surface area contributed by atoms with Gasteiger partial charge in [-0.2, -0.15) is 28.9 Å². The molecular formula is C21H20F4N2O4S. The number of hydrogen-bond acceptors (Lipinski definition) is 5. The summed E-state index contributed by atoms with van der Waals surface area (Å²) in [6.07, 6.45) is 3.63. The Labute approximate surface area is 185 Å². The van der Waals surface area contributed by atoms with Gasteiger partial charge in [0.2, 0.25) is 5.91 Å². The van der Waals surface area contributed by atoms with Crippen molar-refractivity contribution in [1.82, 2.24) is 10.2 Å². The van der Waals surface area contributed by atoms with Gasteiger partial charge >= 0.3 is 13.2 Å². The monoisotopic (exact) mass is 472 g/mol. The summed E-state index contributed by atoms with van der Waals surface area (Å²) in [7, 11) is 0. The van der Waals surface area contributed by atoms with E-state index in [1.54, 1.807) is 16.3 Å². The number of rotatable bonds is 8. The van der Waals surface area contributed by atoms with Crippen molar-refractivity contribution in [2.24, 2.45) is 0 Å². The molecule has 1 aromatic heterocycles. The molecule has 0 unspecified atom stereocenters. The van der Waals surface area contributed by atoms with Crippen LogP contribution in [0.4, 0.5) is 17.6 Å². The van der Waals surface area contributed by atoms with E-state index in [1.165, 1.54) is 29.6 Å². The van der Waals surface area contributed by atoms with Crippen LogP contribution in [0, 0.1) is 0 Å². The minimum absolute atomic E-state index is 0.0520. The van der Waals surface area contributed by atoms with Gasteiger partial charge in [0.1, 0.15) is 11.5 Å². The van der Waals surface area contributed by atoms with Gasteiger partial charge in [-0.3, -0.25) is 9.59 Å². The number of carbonyl (C=O) groups excluding carboxylic acids is 2. The third-order valence-corrected chi connectivity index (χ3v) is 5.44. The number of nitrogens with zero attached hydrogens (tertiary/aromatic N) is 1. The summed E-state index contributed by atoms with van der Waals surface area (Å²) in [5.74, 6) is -1.23. The normalized spacial score (nSPS) is 14.9. The molecular weight excluding hydrogens is 452 g/mol. The summed E-state index contributed by atoms with van der Waals surface area (Å²) in [5, 5.41) is 6.52. The average Bonchev–Trinajstić information content (AvgIpc) is 3.28. The molecule has 0 spiro atoms. The van der Waals surface area contributed by atoms with Crippen LogP contribution in [0.1, 0.15) is 28.8 Å². The molecule has 0 saturated carbocycles. The zero-order chi connectivity index (χ0) is 23.1. The molecule has 1 N–H and O–H groups in total. The number of hydrogen-bond donors (Lipinski definition) is 1. The van der Waals surface area contributed by atoms with E-state index in [1.807, 2.05) is 5.38 Å². The van der Waals surface area contributed by atoms with Gasteiger partial charge in [0.05, 0.1) is 0 Å². The zero-order valence-electron chi connectivity index (χ0n) is 16.7. The first-order valence-electron chi connectivity index (χ1n) is 9.65. The molecule has 2 aromatic rings. The third-order valence-electron chi connectivity index (χ3n) is 4.76. The summed E-state index contributed by atoms with van der Waals surface area (Å²) in [4.78, 5) is 26.2. The van der Waals surface area contributed by atoms with Crippen molar-refractivity contribution in [3.63, 3.8) is 0 Å². The van der Waals surface area contributed by atoms with Gasteiger partial charge in [-0.15, -0.1) is 0 Å². The zero-order valence-corrected chi connectivity index (χ0v) is 17.5. The van der Waals surface area contributed by atoms with Crippen LogP contribution < -0.4 is 14.8 Å². The fourth-order valence-electron chi connectivity index (χ4n) is 3.20. The van der Waals surface area contributed by atoms with E-state index >= 15 is 0 Å². The fourth-order valence-corrected chi connectivity index (χ4v) is 3.84. The maximum Gasteiger partial charge on any atom is 0.387 e. The van der Waals surface area contributed by atoms with E-state index < -0.39 is 19.0 Å². The first-order valence-corrected chi connectivity index (χ1v) is 10.6. The van der Waals surface area contributed by atoms with E-state index in [0.29, 0.717) is 31.5 Å².